The van der Waals surface area contributed by atoms with Crippen LogP contribution in [0.15, 0.2) is 0 Å². The van der Waals surface area contributed by atoms with Crippen molar-refractivity contribution in [2.45, 2.75) is 13.8 Å². The minimum atomic E-state index is -0.562. The predicted octanol–water partition coefficient (Wildman–Crippen LogP) is -0.216. The van der Waals surface area contributed by atoms with Crippen molar-refractivity contribution in [2.24, 2.45) is 0 Å². The molecule has 0 spiro atoms. The molecule has 0 bridgehead atoms. The standard InChI is InChI=1S/C4H6O3.Ba.Mg.4H/c1-3(5)7-4(2)6;;;;;;/h1-2H3;;;;;;/q;2*+2;4*-1. The van der Waals surface area contributed by atoms with Crippen LogP contribution in [0.25, 0.3) is 0 Å². The molecule has 0 N–H and O–H groups in total. The van der Waals surface area contributed by atoms with Crippen molar-refractivity contribution in [2.75, 3.05) is 0 Å². The van der Waals surface area contributed by atoms with Crippen molar-refractivity contribution in [3.8, 4) is 0 Å². The Labute approximate surface area is 116 Å². The van der Waals surface area contributed by atoms with Crippen molar-refractivity contribution in [3.63, 3.8) is 0 Å². The van der Waals surface area contributed by atoms with E-state index < -0.39 is 11.9 Å². The molecule has 48 valence electrons. The van der Waals surface area contributed by atoms with E-state index >= 15 is 0 Å². The largest absolute Gasteiger partial charge is 2.00 e. The number of carbonyl (C=O) groups is 2. The van der Waals surface area contributed by atoms with E-state index in [1.54, 1.807) is 0 Å². The zero-order valence-electron chi connectivity index (χ0n) is 9.64. The van der Waals surface area contributed by atoms with Gasteiger partial charge in [-0.05, 0) is 0 Å². The van der Waals surface area contributed by atoms with Gasteiger partial charge in [-0.1, -0.05) is 0 Å². The van der Waals surface area contributed by atoms with E-state index in [-0.39, 0.29) is 77.6 Å². The first kappa shape index (κ1) is 16.8. The molecular weight excluding hydrogens is 258 g/mol. The van der Waals surface area contributed by atoms with Crippen LogP contribution in [-0.4, -0.2) is 83.9 Å². The first-order valence-corrected chi connectivity index (χ1v) is 1.82. The quantitative estimate of drug-likeness (QED) is 0.346. The maximum absolute atomic E-state index is 9.81. The number of esters is 2. The Balaban J connectivity index is -0.0000000120. The minimum Gasteiger partial charge on any atom is -1.00 e. The van der Waals surface area contributed by atoms with Gasteiger partial charge in [0, 0.05) is 13.8 Å². The summed E-state index contributed by atoms with van der Waals surface area (Å²) in [6.45, 7) is 2.36. The second-order valence-electron chi connectivity index (χ2n) is 1.09. The Kier molecular flexibility index (Phi) is 17.7. The van der Waals surface area contributed by atoms with Crippen molar-refractivity contribution < 1.29 is 20.0 Å². The van der Waals surface area contributed by atoms with Crippen molar-refractivity contribution >= 4 is 83.9 Å². The average molecular weight is 268 g/mol. The van der Waals surface area contributed by atoms with Crippen molar-refractivity contribution in [1.29, 1.82) is 0 Å². The average Bonchev–Trinajstić information content (AvgIpc) is 1.27. The molecule has 0 fully saturated rings. The second kappa shape index (κ2) is 9.48. The molecule has 0 aliphatic rings. The topological polar surface area (TPSA) is 43.4 Å². The SMILES string of the molecule is CC(=O)OC(C)=O.[Ba+2].[H-].[H-].[H-].[H-].[Mg+2]. The molecule has 0 radical (unpaired) electrons. The molecule has 0 aliphatic carbocycles. The molecule has 0 aromatic heterocycles. The van der Waals surface area contributed by atoms with Gasteiger partial charge in [-0.3, -0.25) is 9.59 Å². The van der Waals surface area contributed by atoms with Crippen LogP contribution in [-0.2, 0) is 14.3 Å². The van der Waals surface area contributed by atoms with Crippen LogP contribution >= 0.6 is 0 Å². The summed E-state index contributed by atoms with van der Waals surface area (Å²) in [4.78, 5) is 19.6. The summed E-state index contributed by atoms with van der Waals surface area (Å²) in [7, 11) is 0. The summed E-state index contributed by atoms with van der Waals surface area (Å²) in [5, 5.41) is 0. The van der Waals surface area contributed by atoms with Crippen LogP contribution in [0.3, 0.4) is 0 Å². The fourth-order valence-electron chi connectivity index (χ4n) is 0.202. The van der Waals surface area contributed by atoms with E-state index in [0.29, 0.717) is 0 Å². The van der Waals surface area contributed by atoms with Crippen LogP contribution in [0.4, 0.5) is 0 Å². The summed E-state index contributed by atoms with van der Waals surface area (Å²) in [5.41, 5.74) is 0. The number of rotatable bonds is 0. The maximum atomic E-state index is 9.81. The summed E-state index contributed by atoms with van der Waals surface area (Å²) in [5.74, 6) is -1.12. The third kappa shape index (κ3) is 17.7. The first-order valence-electron chi connectivity index (χ1n) is 1.82. The Morgan fingerprint density at radius 3 is 1.44 bits per heavy atom. The summed E-state index contributed by atoms with van der Waals surface area (Å²) in [6.07, 6.45) is 0. The third-order valence-electron chi connectivity index (χ3n) is 0.287. The first-order chi connectivity index (χ1) is 3.13. The van der Waals surface area contributed by atoms with Gasteiger partial charge >= 0.3 is 83.9 Å². The second-order valence-corrected chi connectivity index (χ2v) is 1.09. The molecule has 9 heavy (non-hydrogen) atoms. The van der Waals surface area contributed by atoms with Gasteiger partial charge in [0.1, 0.15) is 0 Å². The van der Waals surface area contributed by atoms with Crippen LogP contribution in [0.5, 0.6) is 0 Å². The molecule has 5 heteroatoms. The number of carbonyl (C=O) groups excluding carboxylic acids is 2. The smallest absolute Gasteiger partial charge is 1.00 e. The van der Waals surface area contributed by atoms with Gasteiger partial charge in [0.15, 0.2) is 0 Å². The molecule has 0 rings (SSSR count). The third-order valence-corrected chi connectivity index (χ3v) is 0.287. The molecule has 0 saturated heterocycles. The van der Waals surface area contributed by atoms with Gasteiger partial charge in [-0.2, -0.15) is 0 Å². The Morgan fingerprint density at radius 1 is 1.22 bits per heavy atom. The van der Waals surface area contributed by atoms with Gasteiger partial charge < -0.3 is 10.4 Å². The van der Waals surface area contributed by atoms with Gasteiger partial charge in [0.25, 0.3) is 0 Å². The van der Waals surface area contributed by atoms with E-state index in [1.807, 2.05) is 0 Å². The van der Waals surface area contributed by atoms with E-state index in [4.69, 9.17) is 0 Å². The number of hydrogen-bond donors (Lipinski definition) is 0. The molecule has 0 aliphatic heterocycles. The molecule has 0 amide bonds. The van der Waals surface area contributed by atoms with E-state index in [1.165, 1.54) is 13.8 Å². The molecule has 0 unspecified atom stereocenters. The number of hydrogen-bond acceptors (Lipinski definition) is 3. The van der Waals surface area contributed by atoms with Gasteiger partial charge in [-0.15, -0.1) is 0 Å². The number of ether oxygens (including phenoxy) is 1. The van der Waals surface area contributed by atoms with Gasteiger partial charge in [0.2, 0.25) is 0 Å². The molecule has 3 nitrogen and oxygen atoms in total. The molecule has 0 aromatic carbocycles. The summed E-state index contributed by atoms with van der Waals surface area (Å²) < 4.78 is 3.97. The molecule has 0 atom stereocenters. The maximum Gasteiger partial charge on any atom is 2.00 e. The summed E-state index contributed by atoms with van der Waals surface area (Å²) in [6, 6.07) is 0. The van der Waals surface area contributed by atoms with Crippen LogP contribution in [0.2, 0.25) is 0 Å². The van der Waals surface area contributed by atoms with E-state index in [9.17, 15) is 9.59 Å². The van der Waals surface area contributed by atoms with Crippen molar-refractivity contribution in [3.05, 3.63) is 0 Å². The molecule has 0 heterocycles. The van der Waals surface area contributed by atoms with Crippen LogP contribution in [0, 0.1) is 0 Å². The van der Waals surface area contributed by atoms with Crippen LogP contribution in [0.1, 0.15) is 19.6 Å². The predicted molar refractivity (Wildman–Crippen MR) is 38.4 cm³/mol. The van der Waals surface area contributed by atoms with E-state index in [0.717, 1.165) is 0 Å². The Hall–Kier alpha value is 1.48. The van der Waals surface area contributed by atoms with E-state index in [2.05, 4.69) is 4.74 Å². The Morgan fingerprint density at radius 2 is 1.44 bits per heavy atom. The van der Waals surface area contributed by atoms with Crippen molar-refractivity contribution in [1.82, 2.24) is 0 Å². The van der Waals surface area contributed by atoms with Gasteiger partial charge in [0.05, 0.1) is 0 Å². The summed E-state index contributed by atoms with van der Waals surface area (Å²) >= 11 is 0. The normalized spacial score (nSPS) is 6.00. The fourth-order valence-corrected chi connectivity index (χ4v) is 0.202. The Bertz CT molecular complexity index is 104. The molecule has 0 saturated carbocycles. The molecule has 0 aromatic rings. The van der Waals surface area contributed by atoms with Crippen LogP contribution < -0.4 is 0 Å². The molecular formula is C4H10BaMgO3. The fraction of sp³-hybridized carbons (Fsp3) is 0.500. The monoisotopic (exact) mass is 268 g/mol. The zero-order chi connectivity index (χ0) is 5.86. The zero-order valence-corrected chi connectivity index (χ0v) is 11.5. The van der Waals surface area contributed by atoms with Gasteiger partial charge in [-0.25, -0.2) is 0 Å². The minimum absolute atomic E-state index is 0.